The summed E-state index contributed by atoms with van der Waals surface area (Å²) in [5.74, 6) is 0. The van der Waals surface area contributed by atoms with E-state index in [1.165, 1.54) is 6.20 Å². The summed E-state index contributed by atoms with van der Waals surface area (Å²) in [6.45, 7) is 1.90. The molecule has 2 heterocycles. The smallest absolute Gasteiger partial charge is 0.236 e. The average Bonchev–Trinajstić information content (AvgIpc) is 2.16. The van der Waals surface area contributed by atoms with Gasteiger partial charge in [-0.05, 0) is 18.6 Å². The highest BCUT2D eigenvalue weighted by atomic mass is 32.2. The molecule has 0 saturated carbocycles. The van der Waals surface area contributed by atoms with Crippen molar-refractivity contribution in [2.45, 2.75) is 12.1 Å². The minimum Gasteiger partial charge on any atom is -0.236 e. The van der Waals surface area contributed by atoms with Gasteiger partial charge in [-0.25, -0.2) is 18.4 Å². The van der Waals surface area contributed by atoms with Crippen molar-refractivity contribution in [3.05, 3.63) is 24.0 Å². The molecule has 0 aliphatic carbocycles. The number of sulfone groups is 1. The first kappa shape index (κ1) is 9.97. The molecule has 15 heavy (non-hydrogen) atoms. The fraction of sp³-hybridized carbons (Fsp3) is 0.222. The number of aromatic nitrogens is 3. The maximum Gasteiger partial charge on any atom is 0.248 e. The summed E-state index contributed by atoms with van der Waals surface area (Å²) < 4.78 is 22.4. The summed E-state index contributed by atoms with van der Waals surface area (Å²) in [5, 5.41) is 0.581. The lowest BCUT2D eigenvalue weighted by Gasteiger charge is -2.01. The van der Waals surface area contributed by atoms with Crippen LogP contribution < -0.4 is 0 Å². The Bertz CT molecular complexity index is 622. The Morgan fingerprint density at radius 2 is 2.00 bits per heavy atom. The Morgan fingerprint density at radius 3 is 2.67 bits per heavy atom. The highest BCUT2D eigenvalue weighted by molar-refractivity contribution is 7.90. The van der Waals surface area contributed by atoms with Crippen LogP contribution in [0.1, 0.15) is 5.56 Å². The van der Waals surface area contributed by atoms with Gasteiger partial charge in [0.05, 0.1) is 0 Å². The highest BCUT2D eigenvalue weighted by Gasteiger charge is 2.12. The second-order valence-corrected chi connectivity index (χ2v) is 5.20. The van der Waals surface area contributed by atoms with E-state index in [9.17, 15) is 8.42 Å². The summed E-state index contributed by atoms with van der Waals surface area (Å²) >= 11 is 0. The molecule has 78 valence electrons. The molecule has 0 saturated heterocycles. The second kappa shape index (κ2) is 3.23. The van der Waals surface area contributed by atoms with E-state index in [0.29, 0.717) is 5.65 Å². The molecular formula is C9H9N3O2S. The largest absolute Gasteiger partial charge is 0.248 e. The predicted molar refractivity (Wildman–Crippen MR) is 55.2 cm³/mol. The summed E-state index contributed by atoms with van der Waals surface area (Å²) in [7, 11) is -3.37. The zero-order valence-electron chi connectivity index (χ0n) is 8.30. The third kappa shape index (κ3) is 1.80. The van der Waals surface area contributed by atoms with Crippen molar-refractivity contribution in [2.75, 3.05) is 6.26 Å². The minimum absolute atomic E-state index is 0.187. The van der Waals surface area contributed by atoms with Crippen LogP contribution in [0.4, 0.5) is 0 Å². The van der Waals surface area contributed by atoms with Crippen molar-refractivity contribution >= 4 is 20.9 Å². The number of fused-ring (bicyclic) bond motifs is 1. The molecule has 2 aromatic heterocycles. The molecule has 0 unspecified atom stereocenters. The molecule has 0 aromatic carbocycles. The Morgan fingerprint density at radius 1 is 1.27 bits per heavy atom. The van der Waals surface area contributed by atoms with Gasteiger partial charge in [0.2, 0.25) is 15.0 Å². The number of hydrogen-bond acceptors (Lipinski definition) is 5. The van der Waals surface area contributed by atoms with Gasteiger partial charge in [0.15, 0.2) is 5.65 Å². The van der Waals surface area contributed by atoms with Crippen molar-refractivity contribution in [2.24, 2.45) is 0 Å². The lowest BCUT2D eigenvalue weighted by Crippen LogP contribution is -2.04. The number of pyridine rings is 1. The van der Waals surface area contributed by atoms with Crippen LogP contribution in [0.5, 0.6) is 0 Å². The SMILES string of the molecule is Cc1ccnc2nc(S(C)(=O)=O)ncc12. The molecule has 0 radical (unpaired) electrons. The predicted octanol–water partition coefficient (Wildman–Crippen LogP) is 0.737. The molecule has 6 heteroatoms. The zero-order chi connectivity index (χ0) is 11.1. The zero-order valence-corrected chi connectivity index (χ0v) is 9.11. The monoisotopic (exact) mass is 223 g/mol. The number of aryl methyl sites for hydroxylation is 1. The molecule has 0 aliphatic rings. The van der Waals surface area contributed by atoms with E-state index in [1.54, 1.807) is 6.20 Å². The molecule has 0 bridgehead atoms. The van der Waals surface area contributed by atoms with Crippen molar-refractivity contribution in [3.8, 4) is 0 Å². The second-order valence-electron chi connectivity index (χ2n) is 3.29. The summed E-state index contributed by atoms with van der Waals surface area (Å²) in [5.41, 5.74) is 1.38. The van der Waals surface area contributed by atoms with Gasteiger partial charge >= 0.3 is 0 Å². The van der Waals surface area contributed by atoms with Crippen LogP contribution in [0.15, 0.2) is 23.6 Å². The normalized spacial score (nSPS) is 11.9. The van der Waals surface area contributed by atoms with Crippen molar-refractivity contribution in [1.82, 2.24) is 15.0 Å². The fourth-order valence-electron chi connectivity index (χ4n) is 1.22. The summed E-state index contributed by atoms with van der Waals surface area (Å²) in [4.78, 5) is 11.7. The lowest BCUT2D eigenvalue weighted by atomic mass is 10.2. The topological polar surface area (TPSA) is 72.8 Å². The van der Waals surface area contributed by atoms with E-state index in [0.717, 1.165) is 17.2 Å². The first-order valence-corrected chi connectivity index (χ1v) is 6.16. The van der Waals surface area contributed by atoms with Crippen molar-refractivity contribution < 1.29 is 8.42 Å². The van der Waals surface area contributed by atoms with Gasteiger partial charge in [-0.2, -0.15) is 4.98 Å². The molecule has 0 atom stereocenters. The first-order chi connectivity index (χ1) is 6.98. The van der Waals surface area contributed by atoms with Gasteiger partial charge in [0, 0.05) is 24.0 Å². The molecule has 2 aromatic rings. The van der Waals surface area contributed by atoms with E-state index >= 15 is 0 Å². The highest BCUT2D eigenvalue weighted by Crippen LogP contribution is 2.13. The van der Waals surface area contributed by atoms with Gasteiger partial charge in [-0.1, -0.05) is 0 Å². The van der Waals surface area contributed by atoms with E-state index in [4.69, 9.17) is 0 Å². The molecule has 2 rings (SSSR count). The Balaban J connectivity index is 2.79. The fourth-order valence-corrected chi connectivity index (χ4v) is 1.72. The summed E-state index contributed by atoms with van der Waals surface area (Å²) in [6, 6.07) is 1.83. The molecule has 0 N–H and O–H groups in total. The standard InChI is InChI=1S/C9H9N3O2S/c1-6-3-4-10-8-7(6)5-11-9(12-8)15(2,13)14/h3-5H,1-2H3. The van der Waals surface area contributed by atoms with Crippen LogP contribution in [0.2, 0.25) is 0 Å². The van der Waals surface area contributed by atoms with Gasteiger partial charge in [-0.15, -0.1) is 0 Å². The van der Waals surface area contributed by atoms with Crippen LogP contribution >= 0.6 is 0 Å². The lowest BCUT2D eigenvalue weighted by molar-refractivity contribution is 0.593. The number of nitrogens with zero attached hydrogens (tertiary/aromatic N) is 3. The first-order valence-electron chi connectivity index (χ1n) is 4.27. The maximum atomic E-state index is 11.2. The molecule has 0 aliphatic heterocycles. The summed E-state index contributed by atoms with van der Waals surface area (Å²) in [6.07, 6.45) is 4.15. The van der Waals surface area contributed by atoms with Gasteiger partial charge in [-0.3, -0.25) is 0 Å². The molecule has 0 spiro atoms. The Kier molecular flexibility index (Phi) is 2.15. The third-order valence-electron chi connectivity index (χ3n) is 2.02. The number of hydrogen-bond donors (Lipinski definition) is 0. The molecule has 0 amide bonds. The quantitative estimate of drug-likeness (QED) is 0.666. The molecular weight excluding hydrogens is 214 g/mol. The Labute approximate surface area is 87.1 Å². The van der Waals surface area contributed by atoms with Crippen molar-refractivity contribution in [1.29, 1.82) is 0 Å². The van der Waals surface area contributed by atoms with E-state index in [2.05, 4.69) is 15.0 Å². The van der Waals surface area contributed by atoms with Crippen LogP contribution in [-0.4, -0.2) is 29.6 Å². The van der Waals surface area contributed by atoms with Gasteiger partial charge in [0.1, 0.15) is 0 Å². The minimum atomic E-state index is -3.37. The van der Waals surface area contributed by atoms with E-state index < -0.39 is 9.84 Å². The average molecular weight is 223 g/mol. The van der Waals surface area contributed by atoms with Gasteiger partial charge in [0.25, 0.3) is 0 Å². The van der Waals surface area contributed by atoms with Crippen molar-refractivity contribution in [3.63, 3.8) is 0 Å². The van der Waals surface area contributed by atoms with Gasteiger partial charge < -0.3 is 0 Å². The van der Waals surface area contributed by atoms with Crippen LogP contribution in [0, 0.1) is 6.92 Å². The van der Waals surface area contributed by atoms with E-state index in [-0.39, 0.29) is 5.16 Å². The van der Waals surface area contributed by atoms with Crippen LogP contribution in [0.25, 0.3) is 11.0 Å². The van der Waals surface area contributed by atoms with Crippen LogP contribution in [-0.2, 0) is 9.84 Å². The maximum absolute atomic E-state index is 11.2. The molecule has 0 fully saturated rings. The van der Waals surface area contributed by atoms with Crippen LogP contribution in [0.3, 0.4) is 0 Å². The third-order valence-corrected chi connectivity index (χ3v) is 2.88. The molecule has 5 nitrogen and oxygen atoms in total. The number of rotatable bonds is 1. The Hall–Kier alpha value is -1.56. The van der Waals surface area contributed by atoms with E-state index in [1.807, 2.05) is 13.0 Å².